The SMILES string of the molecule is CC1(C)OB(c2cccc(-c3nc4ccccc4c4c5ccccc5c5ccccc5c34)c2)OC1(C)C.c1cc(-c2ccc(-c3ccnc4c3ccc3cccnc34)cc2)cc(-c2nc3ccccc3c3c4ccccc4c4ccccc4c23)c1. The molecule has 402 valence electrons. The zero-order valence-electron chi connectivity index (χ0n) is 47.5. The number of aromatic nitrogens is 4. The van der Waals surface area contributed by atoms with Gasteiger partial charge in [0, 0.05) is 66.6 Å². The van der Waals surface area contributed by atoms with Crippen molar-refractivity contribution in [2.45, 2.75) is 38.9 Å². The lowest BCUT2D eigenvalue weighted by Crippen LogP contribution is -2.41. The third-order valence-corrected chi connectivity index (χ3v) is 18.0. The first-order valence-electron chi connectivity index (χ1n) is 29.2. The van der Waals surface area contributed by atoms with E-state index >= 15 is 0 Å². The molecule has 16 aromatic rings. The van der Waals surface area contributed by atoms with Gasteiger partial charge in [0.15, 0.2) is 0 Å². The van der Waals surface area contributed by atoms with E-state index < -0.39 is 18.3 Å². The van der Waals surface area contributed by atoms with Gasteiger partial charge in [0.1, 0.15) is 0 Å². The predicted molar refractivity (Wildman–Crippen MR) is 357 cm³/mol. The number of rotatable bonds is 5. The molecule has 85 heavy (non-hydrogen) atoms. The molecular formula is C78H55BN4O2. The van der Waals surface area contributed by atoms with E-state index in [1.165, 1.54) is 75.4 Å². The van der Waals surface area contributed by atoms with Crippen LogP contribution in [0.5, 0.6) is 0 Å². The Labute approximate surface area is 492 Å². The van der Waals surface area contributed by atoms with E-state index in [4.69, 9.17) is 24.3 Å². The second-order valence-corrected chi connectivity index (χ2v) is 23.4. The van der Waals surface area contributed by atoms with Gasteiger partial charge in [-0.05, 0) is 129 Å². The number of fused-ring (bicyclic) bond motifs is 19. The molecule has 0 radical (unpaired) electrons. The van der Waals surface area contributed by atoms with Gasteiger partial charge in [-0.2, -0.15) is 0 Å². The highest BCUT2D eigenvalue weighted by molar-refractivity contribution is 6.62. The van der Waals surface area contributed by atoms with Gasteiger partial charge in [-0.25, -0.2) is 9.97 Å². The van der Waals surface area contributed by atoms with Crippen LogP contribution in [0.3, 0.4) is 0 Å². The number of pyridine rings is 4. The standard InChI is InChI=1S/C45H27N3.C33H28BNO2/c1-3-14-36-34(12-1)35-13-2-4-15-37(35)42-41(36)39-16-5-6-17-40(39)48-43(42)32-10-7-9-31(27-32)28-18-20-29(21-19-28)33-24-26-47-45-38(33)23-22-30-11-8-25-46-44(30)45;1-32(2)33(3,4)37-34(36-32)22-13-11-12-21(20-22)31-30-26-17-8-6-15-24(26)23-14-5-7-16-25(23)29(30)27-18-9-10-19-28(27)35-31/h1-27H;5-20H,1-4H3. The number of nitrogens with zero attached hydrogens (tertiary/aromatic N) is 4. The van der Waals surface area contributed by atoms with Crippen LogP contribution in [-0.2, 0) is 9.31 Å². The number of para-hydroxylation sites is 2. The molecule has 0 aliphatic carbocycles. The molecule has 0 bridgehead atoms. The highest BCUT2D eigenvalue weighted by atomic mass is 16.7. The first-order chi connectivity index (χ1) is 41.7. The molecular weight excluding hydrogens is 1040 g/mol. The molecule has 7 heteroatoms. The smallest absolute Gasteiger partial charge is 0.399 e. The second kappa shape index (κ2) is 19.7. The van der Waals surface area contributed by atoms with Crippen molar-refractivity contribution in [1.82, 2.24) is 19.9 Å². The highest BCUT2D eigenvalue weighted by Crippen LogP contribution is 2.46. The summed E-state index contributed by atoms with van der Waals surface area (Å²) in [6.07, 6.45) is 3.72. The summed E-state index contributed by atoms with van der Waals surface area (Å²) < 4.78 is 12.8. The third-order valence-electron chi connectivity index (χ3n) is 18.0. The quantitative estimate of drug-likeness (QED) is 0.126. The summed E-state index contributed by atoms with van der Waals surface area (Å²) in [5, 5.41) is 19.4. The Morgan fingerprint density at radius 3 is 1.31 bits per heavy atom. The van der Waals surface area contributed by atoms with Crippen molar-refractivity contribution in [2.24, 2.45) is 0 Å². The molecule has 0 saturated carbocycles. The van der Waals surface area contributed by atoms with E-state index in [2.05, 4.69) is 275 Å². The van der Waals surface area contributed by atoms with Gasteiger partial charge in [-0.3, -0.25) is 9.97 Å². The van der Waals surface area contributed by atoms with Gasteiger partial charge in [0.25, 0.3) is 0 Å². The minimum absolute atomic E-state index is 0.392. The summed E-state index contributed by atoms with van der Waals surface area (Å²) in [5.41, 5.74) is 12.8. The lowest BCUT2D eigenvalue weighted by atomic mass is 9.78. The number of hydrogen-bond donors (Lipinski definition) is 0. The van der Waals surface area contributed by atoms with Crippen molar-refractivity contribution in [3.8, 4) is 44.8 Å². The van der Waals surface area contributed by atoms with Crippen molar-refractivity contribution >= 4 is 121 Å². The lowest BCUT2D eigenvalue weighted by molar-refractivity contribution is 0.00578. The molecule has 17 rings (SSSR count). The summed E-state index contributed by atoms with van der Waals surface area (Å²) in [6.45, 7) is 8.36. The Hall–Kier alpha value is -10.2. The van der Waals surface area contributed by atoms with Crippen molar-refractivity contribution in [3.63, 3.8) is 0 Å². The predicted octanol–water partition coefficient (Wildman–Crippen LogP) is 19.5. The van der Waals surface area contributed by atoms with Crippen molar-refractivity contribution < 1.29 is 9.31 Å². The van der Waals surface area contributed by atoms with E-state index in [1.807, 2.05) is 18.5 Å². The largest absolute Gasteiger partial charge is 0.494 e. The molecule has 0 N–H and O–H groups in total. The van der Waals surface area contributed by atoms with Crippen LogP contribution in [0.15, 0.2) is 261 Å². The number of benzene rings is 12. The maximum atomic E-state index is 6.38. The lowest BCUT2D eigenvalue weighted by Gasteiger charge is -2.32. The molecule has 0 spiro atoms. The van der Waals surface area contributed by atoms with Crippen LogP contribution < -0.4 is 5.46 Å². The number of hydrogen-bond acceptors (Lipinski definition) is 6. The van der Waals surface area contributed by atoms with Gasteiger partial charge >= 0.3 is 7.12 Å². The molecule has 1 saturated heterocycles. The van der Waals surface area contributed by atoms with E-state index in [0.717, 1.165) is 83.1 Å². The summed E-state index contributed by atoms with van der Waals surface area (Å²) in [4.78, 5) is 20.0. The Kier molecular flexibility index (Phi) is 11.7. The second-order valence-electron chi connectivity index (χ2n) is 23.4. The van der Waals surface area contributed by atoms with Crippen molar-refractivity contribution in [2.75, 3.05) is 0 Å². The van der Waals surface area contributed by atoms with Crippen LogP contribution in [-0.4, -0.2) is 38.3 Å². The maximum Gasteiger partial charge on any atom is 0.494 e. The molecule has 5 heterocycles. The Morgan fingerprint density at radius 1 is 0.306 bits per heavy atom. The van der Waals surface area contributed by atoms with Crippen LogP contribution in [0.1, 0.15) is 27.7 Å². The first kappa shape index (κ1) is 50.5. The van der Waals surface area contributed by atoms with E-state index in [-0.39, 0.29) is 0 Å². The fourth-order valence-corrected chi connectivity index (χ4v) is 13.2. The average molecular weight is 1090 g/mol. The van der Waals surface area contributed by atoms with Crippen LogP contribution in [0.2, 0.25) is 0 Å². The van der Waals surface area contributed by atoms with Crippen LogP contribution >= 0.6 is 0 Å². The van der Waals surface area contributed by atoms with Gasteiger partial charge in [-0.15, -0.1) is 0 Å². The molecule has 0 atom stereocenters. The molecule has 1 aliphatic heterocycles. The molecule has 0 amide bonds. The van der Waals surface area contributed by atoms with Crippen LogP contribution in [0, 0.1) is 0 Å². The highest BCUT2D eigenvalue weighted by Gasteiger charge is 2.51. The zero-order valence-corrected chi connectivity index (χ0v) is 47.5. The van der Waals surface area contributed by atoms with Gasteiger partial charge in [0.2, 0.25) is 0 Å². The molecule has 1 aliphatic rings. The first-order valence-corrected chi connectivity index (χ1v) is 29.2. The Morgan fingerprint density at radius 2 is 0.753 bits per heavy atom. The fourth-order valence-electron chi connectivity index (χ4n) is 13.2. The Bertz CT molecular complexity index is 5390. The van der Waals surface area contributed by atoms with Gasteiger partial charge in [-0.1, -0.05) is 218 Å². The summed E-state index contributed by atoms with van der Waals surface area (Å²) in [5.74, 6) is 0. The van der Waals surface area contributed by atoms with Crippen molar-refractivity contribution in [1.29, 1.82) is 0 Å². The van der Waals surface area contributed by atoms with E-state index in [9.17, 15) is 0 Å². The van der Waals surface area contributed by atoms with E-state index in [0.29, 0.717) is 0 Å². The summed E-state index contributed by atoms with van der Waals surface area (Å²) in [7, 11) is -0.422. The molecule has 12 aromatic carbocycles. The van der Waals surface area contributed by atoms with Gasteiger partial charge < -0.3 is 9.31 Å². The normalized spacial score (nSPS) is 14.0. The van der Waals surface area contributed by atoms with Crippen LogP contribution in [0.4, 0.5) is 0 Å². The topological polar surface area (TPSA) is 70.0 Å². The average Bonchev–Trinajstić information content (AvgIpc) is 1.81. The molecule has 6 nitrogen and oxygen atoms in total. The monoisotopic (exact) mass is 1090 g/mol. The molecule has 0 unspecified atom stereocenters. The maximum absolute atomic E-state index is 6.38. The van der Waals surface area contributed by atoms with E-state index in [1.54, 1.807) is 0 Å². The summed E-state index contributed by atoms with van der Waals surface area (Å²) in [6, 6.07) is 88.5. The fraction of sp³-hybridized carbons (Fsp3) is 0.0769. The van der Waals surface area contributed by atoms with Crippen LogP contribution in [0.25, 0.3) is 153 Å². The molecule has 1 fully saturated rings. The van der Waals surface area contributed by atoms with Gasteiger partial charge in [0.05, 0.1) is 44.7 Å². The van der Waals surface area contributed by atoms with Crippen molar-refractivity contribution in [3.05, 3.63) is 261 Å². The minimum Gasteiger partial charge on any atom is -0.399 e. The third kappa shape index (κ3) is 8.25. The molecule has 4 aromatic heterocycles. The summed E-state index contributed by atoms with van der Waals surface area (Å²) >= 11 is 0. The Balaban J connectivity index is 0.000000143. The minimum atomic E-state index is -0.422. The zero-order chi connectivity index (χ0) is 57.0.